The molecular formula is C14H20ClN3O3. The van der Waals surface area contributed by atoms with Gasteiger partial charge in [0.25, 0.3) is 11.6 Å². The number of hydrogen-bond donors (Lipinski definition) is 2. The standard InChI is InChI=1S/C14H19N3O3.ClH/c1-9-3-4-11(17(19)20)7-12(9)14(18)16-13-5-6-15-8-10(13)2;/h3-4,7,10,13,15H,5-6,8H2,1-2H3,(H,16,18);1H. The van der Waals surface area contributed by atoms with Crippen LogP contribution in [0.3, 0.4) is 0 Å². The Bertz CT molecular complexity index is 536. The summed E-state index contributed by atoms with van der Waals surface area (Å²) in [5.74, 6) is 0.122. The molecule has 21 heavy (non-hydrogen) atoms. The molecule has 0 spiro atoms. The van der Waals surface area contributed by atoms with Crippen LogP contribution in [0.15, 0.2) is 18.2 Å². The molecule has 0 radical (unpaired) electrons. The molecule has 1 aliphatic heterocycles. The molecule has 2 N–H and O–H groups in total. The van der Waals surface area contributed by atoms with E-state index in [0.717, 1.165) is 25.1 Å². The summed E-state index contributed by atoms with van der Waals surface area (Å²) in [5, 5.41) is 17.1. The predicted molar refractivity (Wildman–Crippen MR) is 83.0 cm³/mol. The first-order valence-electron chi connectivity index (χ1n) is 6.75. The van der Waals surface area contributed by atoms with E-state index in [1.54, 1.807) is 13.0 Å². The summed E-state index contributed by atoms with van der Waals surface area (Å²) in [6, 6.07) is 4.48. The van der Waals surface area contributed by atoms with Crippen LogP contribution in [0.4, 0.5) is 5.69 Å². The smallest absolute Gasteiger partial charge is 0.270 e. The number of nitrogens with zero attached hydrogens (tertiary/aromatic N) is 1. The molecule has 0 saturated carbocycles. The third-order valence-corrected chi connectivity index (χ3v) is 3.78. The Hall–Kier alpha value is -1.66. The molecule has 1 aliphatic rings. The van der Waals surface area contributed by atoms with Crippen molar-refractivity contribution in [2.45, 2.75) is 26.3 Å². The van der Waals surface area contributed by atoms with Gasteiger partial charge in [-0.1, -0.05) is 13.0 Å². The molecule has 1 aromatic carbocycles. The molecule has 1 aromatic rings. The van der Waals surface area contributed by atoms with Crippen LogP contribution in [-0.2, 0) is 0 Å². The van der Waals surface area contributed by atoms with Gasteiger partial charge in [0, 0.05) is 23.7 Å². The Labute approximate surface area is 129 Å². The van der Waals surface area contributed by atoms with E-state index in [1.807, 2.05) is 0 Å². The highest BCUT2D eigenvalue weighted by molar-refractivity contribution is 5.96. The zero-order valence-electron chi connectivity index (χ0n) is 12.1. The monoisotopic (exact) mass is 313 g/mol. The van der Waals surface area contributed by atoms with Crippen molar-refractivity contribution in [1.29, 1.82) is 0 Å². The average molecular weight is 314 g/mol. The number of nitrogens with one attached hydrogen (secondary N) is 2. The Morgan fingerprint density at radius 1 is 1.48 bits per heavy atom. The van der Waals surface area contributed by atoms with Gasteiger partial charge in [0.2, 0.25) is 0 Å². The molecule has 2 rings (SSSR count). The van der Waals surface area contributed by atoms with Crippen molar-refractivity contribution in [3.8, 4) is 0 Å². The van der Waals surface area contributed by atoms with E-state index >= 15 is 0 Å². The van der Waals surface area contributed by atoms with Crippen molar-refractivity contribution in [2.24, 2.45) is 5.92 Å². The van der Waals surface area contributed by atoms with Gasteiger partial charge in [0.15, 0.2) is 0 Å². The second-order valence-corrected chi connectivity index (χ2v) is 5.31. The van der Waals surface area contributed by atoms with Gasteiger partial charge in [-0.25, -0.2) is 0 Å². The number of amides is 1. The Kier molecular flexibility index (Phi) is 6.11. The number of hydrogen-bond acceptors (Lipinski definition) is 4. The number of piperidine rings is 1. The van der Waals surface area contributed by atoms with Gasteiger partial charge in [-0.15, -0.1) is 12.4 Å². The molecule has 6 nitrogen and oxygen atoms in total. The number of rotatable bonds is 3. The van der Waals surface area contributed by atoms with Crippen LogP contribution in [-0.4, -0.2) is 30.0 Å². The summed E-state index contributed by atoms with van der Waals surface area (Å²) < 4.78 is 0. The van der Waals surface area contributed by atoms with Gasteiger partial charge in [-0.3, -0.25) is 14.9 Å². The number of nitro benzene ring substituents is 1. The summed E-state index contributed by atoms with van der Waals surface area (Å²) in [6.07, 6.45) is 0.876. The largest absolute Gasteiger partial charge is 0.349 e. The highest BCUT2D eigenvalue weighted by atomic mass is 35.5. The van der Waals surface area contributed by atoms with Crippen molar-refractivity contribution < 1.29 is 9.72 Å². The fraction of sp³-hybridized carbons (Fsp3) is 0.500. The lowest BCUT2D eigenvalue weighted by Gasteiger charge is -2.30. The van der Waals surface area contributed by atoms with Gasteiger partial charge < -0.3 is 10.6 Å². The molecule has 7 heteroatoms. The van der Waals surface area contributed by atoms with Crippen LogP contribution in [0.5, 0.6) is 0 Å². The fourth-order valence-electron chi connectivity index (χ4n) is 2.44. The quantitative estimate of drug-likeness (QED) is 0.661. The first-order chi connectivity index (χ1) is 9.49. The lowest BCUT2D eigenvalue weighted by atomic mass is 9.94. The van der Waals surface area contributed by atoms with Crippen LogP contribution in [0.2, 0.25) is 0 Å². The lowest BCUT2D eigenvalue weighted by Crippen LogP contribution is -2.48. The Balaban J connectivity index is 0.00000220. The molecule has 0 aliphatic carbocycles. The van der Waals surface area contributed by atoms with Crippen molar-refractivity contribution in [2.75, 3.05) is 13.1 Å². The van der Waals surface area contributed by atoms with Crippen molar-refractivity contribution in [3.05, 3.63) is 39.4 Å². The number of carbonyl (C=O) groups is 1. The van der Waals surface area contributed by atoms with Gasteiger partial charge in [0.05, 0.1) is 4.92 Å². The Morgan fingerprint density at radius 2 is 2.19 bits per heavy atom. The zero-order valence-corrected chi connectivity index (χ0v) is 12.9. The third-order valence-electron chi connectivity index (χ3n) is 3.78. The maximum atomic E-state index is 12.3. The molecule has 1 saturated heterocycles. The molecular weight excluding hydrogens is 294 g/mol. The SMILES string of the molecule is Cc1ccc([N+](=O)[O-])cc1C(=O)NC1CCNCC1C.Cl. The van der Waals surface area contributed by atoms with Crippen LogP contribution in [0.1, 0.15) is 29.3 Å². The minimum absolute atomic E-state index is 0. The molecule has 2 atom stereocenters. The minimum Gasteiger partial charge on any atom is -0.349 e. The Morgan fingerprint density at radius 3 is 2.81 bits per heavy atom. The summed E-state index contributed by atoms with van der Waals surface area (Å²) in [7, 11) is 0. The van der Waals surface area contributed by atoms with Gasteiger partial charge >= 0.3 is 0 Å². The minimum atomic E-state index is -0.483. The number of aryl methyl sites for hydroxylation is 1. The number of non-ortho nitro benzene ring substituents is 1. The van der Waals surface area contributed by atoms with Crippen molar-refractivity contribution in [1.82, 2.24) is 10.6 Å². The van der Waals surface area contributed by atoms with Gasteiger partial charge in [-0.2, -0.15) is 0 Å². The fourth-order valence-corrected chi connectivity index (χ4v) is 2.44. The van der Waals surface area contributed by atoms with Crippen molar-refractivity contribution >= 4 is 24.0 Å². The second-order valence-electron chi connectivity index (χ2n) is 5.31. The maximum Gasteiger partial charge on any atom is 0.270 e. The first kappa shape index (κ1) is 17.4. The third kappa shape index (κ3) is 4.15. The zero-order chi connectivity index (χ0) is 14.7. The van der Waals surface area contributed by atoms with Crippen LogP contribution < -0.4 is 10.6 Å². The predicted octanol–water partition coefficient (Wildman–Crippen LogP) is 2.05. The van der Waals surface area contributed by atoms with E-state index in [0.29, 0.717) is 11.5 Å². The first-order valence-corrected chi connectivity index (χ1v) is 6.75. The number of nitro groups is 1. The highest BCUT2D eigenvalue weighted by Gasteiger charge is 2.24. The molecule has 116 valence electrons. The lowest BCUT2D eigenvalue weighted by molar-refractivity contribution is -0.384. The van der Waals surface area contributed by atoms with Crippen LogP contribution >= 0.6 is 12.4 Å². The van der Waals surface area contributed by atoms with E-state index in [2.05, 4.69) is 17.6 Å². The summed E-state index contributed by atoms with van der Waals surface area (Å²) in [5.41, 5.74) is 1.07. The van der Waals surface area contributed by atoms with E-state index in [-0.39, 0.29) is 30.0 Å². The molecule has 0 bridgehead atoms. The van der Waals surface area contributed by atoms with E-state index in [4.69, 9.17) is 0 Å². The molecule has 0 aromatic heterocycles. The van der Waals surface area contributed by atoms with E-state index < -0.39 is 4.92 Å². The van der Waals surface area contributed by atoms with Crippen LogP contribution in [0.25, 0.3) is 0 Å². The second kappa shape index (κ2) is 7.38. The maximum absolute atomic E-state index is 12.3. The summed E-state index contributed by atoms with van der Waals surface area (Å²) in [4.78, 5) is 22.6. The highest BCUT2D eigenvalue weighted by Crippen LogP contribution is 2.18. The van der Waals surface area contributed by atoms with Crippen LogP contribution in [0, 0.1) is 23.0 Å². The topological polar surface area (TPSA) is 84.3 Å². The number of carbonyl (C=O) groups excluding carboxylic acids is 1. The van der Waals surface area contributed by atoms with E-state index in [9.17, 15) is 14.9 Å². The normalized spacial score (nSPS) is 21.2. The van der Waals surface area contributed by atoms with Crippen molar-refractivity contribution in [3.63, 3.8) is 0 Å². The van der Waals surface area contributed by atoms with E-state index in [1.165, 1.54) is 12.1 Å². The number of halogens is 1. The molecule has 2 unspecified atom stereocenters. The summed E-state index contributed by atoms with van der Waals surface area (Å²) in [6.45, 7) is 5.62. The summed E-state index contributed by atoms with van der Waals surface area (Å²) >= 11 is 0. The average Bonchev–Trinajstić information content (AvgIpc) is 2.41. The van der Waals surface area contributed by atoms with Gasteiger partial charge in [-0.05, 0) is 37.9 Å². The molecule has 1 heterocycles. The number of benzene rings is 1. The molecule has 1 amide bonds. The van der Waals surface area contributed by atoms with Gasteiger partial charge in [0.1, 0.15) is 0 Å². The molecule has 1 fully saturated rings.